The molecular formula is C17H13BrN4O2. The van der Waals surface area contributed by atoms with Crippen molar-refractivity contribution in [2.75, 3.05) is 7.11 Å². The fourth-order valence-electron chi connectivity index (χ4n) is 3.00. The van der Waals surface area contributed by atoms with Gasteiger partial charge in [-0.2, -0.15) is 5.26 Å². The number of hydrogen-bond acceptors (Lipinski definition) is 5. The molecular weight excluding hydrogens is 372 g/mol. The van der Waals surface area contributed by atoms with Gasteiger partial charge in [-0.3, -0.25) is 5.10 Å². The summed E-state index contributed by atoms with van der Waals surface area (Å²) >= 11 is 3.35. The Kier molecular flexibility index (Phi) is 3.62. The monoisotopic (exact) mass is 384 g/mol. The largest absolute Gasteiger partial charge is 0.484 e. The second-order valence-electron chi connectivity index (χ2n) is 5.57. The van der Waals surface area contributed by atoms with Crippen LogP contribution in [0.1, 0.15) is 29.3 Å². The molecule has 1 atom stereocenters. The Morgan fingerprint density at radius 2 is 2.25 bits per heavy atom. The summed E-state index contributed by atoms with van der Waals surface area (Å²) in [7, 11) is 1.59. The van der Waals surface area contributed by atoms with Gasteiger partial charge in [-0.15, -0.1) is 5.10 Å². The molecule has 0 saturated carbocycles. The van der Waals surface area contributed by atoms with Crippen LogP contribution < -0.4 is 9.47 Å². The molecule has 0 fully saturated rings. The van der Waals surface area contributed by atoms with Gasteiger partial charge in [0.25, 0.3) is 0 Å². The van der Waals surface area contributed by atoms with Crippen LogP contribution in [-0.2, 0) is 6.42 Å². The fraction of sp³-hybridized carbons (Fsp3) is 0.235. The van der Waals surface area contributed by atoms with Crippen LogP contribution in [0.4, 0.5) is 0 Å². The SMILES string of the molecule is COc1n[nH]c2ccc(O[C@H]3CCc4cc(C#N)c(Br)nc43)cc12. The highest BCUT2D eigenvalue weighted by Gasteiger charge is 2.27. The Balaban J connectivity index is 1.66. The van der Waals surface area contributed by atoms with Gasteiger partial charge in [0, 0.05) is 0 Å². The molecule has 7 heteroatoms. The first kappa shape index (κ1) is 15.0. The van der Waals surface area contributed by atoms with Crippen LogP contribution in [0, 0.1) is 11.3 Å². The van der Waals surface area contributed by atoms with Crippen LogP contribution in [-0.4, -0.2) is 22.3 Å². The first-order chi connectivity index (χ1) is 11.7. The first-order valence-electron chi connectivity index (χ1n) is 7.48. The number of aromatic nitrogens is 3. The molecule has 0 spiro atoms. The average Bonchev–Trinajstić information content (AvgIpc) is 3.18. The zero-order valence-electron chi connectivity index (χ0n) is 12.8. The van der Waals surface area contributed by atoms with E-state index in [9.17, 15) is 0 Å². The normalized spacial score (nSPS) is 16.0. The van der Waals surface area contributed by atoms with Crippen molar-refractivity contribution in [3.63, 3.8) is 0 Å². The van der Waals surface area contributed by atoms with Gasteiger partial charge in [-0.05, 0) is 58.6 Å². The highest BCUT2D eigenvalue weighted by molar-refractivity contribution is 9.10. The number of nitriles is 1. The Hall–Kier alpha value is -2.59. The van der Waals surface area contributed by atoms with Gasteiger partial charge < -0.3 is 9.47 Å². The molecule has 0 amide bonds. The van der Waals surface area contributed by atoms with E-state index in [-0.39, 0.29) is 6.10 Å². The van der Waals surface area contributed by atoms with Crippen molar-refractivity contribution in [2.24, 2.45) is 0 Å². The summed E-state index contributed by atoms with van der Waals surface area (Å²) in [5.41, 5.74) is 3.41. The molecule has 1 aliphatic carbocycles. The molecule has 1 N–H and O–H groups in total. The van der Waals surface area contributed by atoms with E-state index >= 15 is 0 Å². The number of halogens is 1. The van der Waals surface area contributed by atoms with Crippen molar-refractivity contribution >= 4 is 26.8 Å². The molecule has 0 bridgehead atoms. The lowest BCUT2D eigenvalue weighted by atomic mass is 10.2. The summed E-state index contributed by atoms with van der Waals surface area (Å²) in [6, 6.07) is 9.76. The van der Waals surface area contributed by atoms with Gasteiger partial charge in [-0.1, -0.05) is 0 Å². The lowest BCUT2D eigenvalue weighted by Crippen LogP contribution is -2.06. The highest BCUT2D eigenvalue weighted by Crippen LogP contribution is 2.37. The number of hydrogen-bond donors (Lipinski definition) is 1. The van der Waals surface area contributed by atoms with Gasteiger partial charge in [0.2, 0.25) is 5.88 Å². The predicted molar refractivity (Wildman–Crippen MR) is 91.0 cm³/mol. The fourth-order valence-corrected chi connectivity index (χ4v) is 3.40. The van der Waals surface area contributed by atoms with Crippen molar-refractivity contribution in [2.45, 2.75) is 18.9 Å². The molecule has 0 unspecified atom stereocenters. The molecule has 1 aromatic carbocycles. The maximum Gasteiger partial charge on any atom is 0.240 e. The third kappa shape index (κ3) is 2.39. The Labute approximate surface area is 146 Å². The summed E-state index contributed by atoms with van der Waals surface area (Å²) in [6.07, 6.45) is 1.57. The topological polar surface area (TPSA) is 83.8 Å². The van der Waals surface area contributed by atoms with E-state index in [1.807, 2.05) is 24.3 Å². The Morgan fingerprint density at radius 3 is 3.04 bits per heavy atom. The molecule has 2 heterocycles. The van der Waals surface area contributed by atoms with Crippen molar-refractivity contribution in [1.29, 1.82) is 5.26 Å². The van der Waals surface area contributed by atoms with E-state index in [0.29, 0.717) is 16.0 Å². The summed E-state index contributed by atoms with van der Waals surface area (Å²) < 4.78 is 11.9. The molecule has 24 heavy (non-hydrogen) atoms. The first-order valence-corrected chi connectivity index (χ1v) is 8.27. The molecule has 1 aliphatic rings. The van der Waals surface area contributed by atoms with Crippen molar-refractivity contribution < 1.29 is 9.47 Å². The van der Waals surface area contributed by atoms with Crippen LogP contribution in [0.2, 0.25) is 0 Å². The van der Waals surface area contributed by atoms with E-state index in [1.54, 1.807) is 7.11 Å². The number of ether oxygens (including phenoxy) is 2. The van der Waals surface area contributed by atoms with Crippen LogP contribution in [0.25, 0.3) is 10.9 Å². The van der Waals surface area contributed by atoms with E-state index in [4.69, 9.17) is 14.7 Å². The number of pyridine rings is 1. The minimum Gasteiger partial charge on any atom is -0.484 e. The van der Waals surface area contributed by atoms with Crippen LogP contribution >= 0.6 is 15.9 Å². The Morgan fingerprint density at radius 1 is 1.38 bits per heavy atom. The highest BCUT2D eigenvalue weighted by atomic mass is 79.9. The van der Waals surface area contributed by atoms with Crippen molar-refractivity contribution in [3.05, 3.63) is 45.7 Å². The number of benzene rings is 1. The second-order valence-corrected chi connectivity index (χ2v) is 6.32. The molecule has 4 rings (SSSR count). The number of methoxy groups -OCH3 is 1. The summed E-state index contributed by atoms with van der Waals surface area (Å²) in [5, 5.41) is 17.0. The Bertz CT molecular complexity index is 977. The minimum atomic E-state index is -0.126. The maximum absolute atomic E-state index is 9.11. The lowest BCUT2D eigenvalue weighted by molar-refractivity contribution is 0.203. The molecule has 120 valence electrons. The van der Waals surface area contributed by atoms with Gasteiger partial charge in [0.15, 0.2) is 0 Å². The maximum atomic E-state index is 9.11. The molecule has 2 aromatic heterocycles. The van der Waals surface area contributed by atoms with Crippen molar-refractivity contribution in [1.82, 2.24) is 15.2 Å². The number of fused-ring (bicyclic) bond motifs is 2. The van der Waals surface area contributed by atoms with E-state index in [2.05, 4.69) is 37.2 Å². The van der Waals surface area contributed by atoms with Crippen LogP contribution in [0.3, 0.4) is 0 Å². The van der Waals surface area contributed by atoms with Crippen LogP contribution in [0.15, 0.2) is 28.9 Å². The number of aryl methyl sites for hydroxylation is 1. The van der Waals surface area contributed by atoms with E-state index < -0.39 is 0 Å². The molecule has 0 saturated heterocycles. The summed E-state index contributed by atoms with van der Waals surface area (Å²) in [4.78, 5) is 4.51. The number of H-pyrrole nitrogens is 1. The molecule has 3 aromatic rings. The third-order valence-corrected chi connectivity index (χ3v) is 4.77. The van der Waals surface area contributed by atoms with Crippen molar-refractivity contribution in [3.8, 4) is 17.7 Å². The zero-order chi connectivity index (χ0) is 16.7. The number of rotatable bonds is 3. The second kappa shape index (κ2) is 5.80. The molecule has 6 nitrogen and oxygen atoms in total. The van der Waals surface area contributed by atoms with Crippen LogP contribution in [0.5, 0.6) is 11.6 Å². The standard InChI is InChI=1S/C17H13BrN4O2/c1-23-17-12-7-11(3-4-13(12)21-22-17)24-14-5-2-9-6-10(8-19)16(18)20-15(9)14/h3-4,6-7,14H,2,5H2,1H3,(H,21,22)/t14-/m0/s1. The lowest BCUT2D eigenvalue weighted by Gasteiger charge is -2.14. The van der Waals surface area contributed by atoms with E-state index in [1.165, 1.54) is 0 Å². The van der Waals surface area contributed by atoms with Gasteiger partial charge in [0.1, 0.15) is 22.5 Å². The summed E-state index contributed by atoms with van der Waals surface area (Å²) in [5.74, 6) is 1.28. The number of nitrogens with one attached hydrogen (secondary N) is 1. The number of aromatic amines is 1. The van der Waals surface area contributed by atoms with E-state index in [0.717, 1.165) is 40.8 Å². The molecule has 0 radical (unpaired) electrons. The van der Waals surface area contributed by atoms with Gasteiger partial charge >= 0.3 is 0 Å². The molecule has 0 aliphatic heterocycles. The average molecular weight is 385 g/mol. The van der Waals surface area contributed by atoms with Gasteiger partial charge in [0.05, 0.1) is 29.3 Å². The zero-order valence-corrected chi connectivity index (χ0v) is 14.4. The minimum absolute atomic E-state index is 0.126. The number of nitrogens with zero attached hydrogens (tertiary/aromatic N) is 3. The van der Waals surface area contributed by atoms with Gasteiger partial charge in [-0.25, -0.2) is 4.98 Å². The predicted octanol–water partition coefficient (Wildman–Crippen LogP) is 3.67. The summed E-state index contributed by atoms with van der Waals surface area (Å²) in [6.45, 7) is 0. The third-order valence-electron chi connectivity index (χ3n) is 4.16. The quantitative estimate of drug-likeness (QED) is 0.696. The smallest absolute Gasteiger partial charge is 0.240 e.